The van der Waals surface area contributed by atoms with Crippen LogP contribution in [-0.2, 0) is 16.2 Å². The minimum atomic E-state index is -0.446. The van der Waals surface area contributed by atoms with Crippen molar-refractivity contribution >= 4 is 11.6 Å². The summed E-state index contributed by atoms with van der Waals surface area (Å²) in [5.41, 5.74) is 0.628. The van der Waals surface area contributed by atoms with Gasteiger partial charge in [0.05, 0.1) is 37.9 Å². The van der Waals surface area contributed by atoms with Gasteiger partial charge in [-0.25, -0.2) is 13.8 Å². The van der Waals surface area contributed by atoms with Gasteiger partial charge in [-0.15, -0.1) is 0 Å². The predicted molar refractivity (Wildman–Crippen MR) is 150 cm³/mol. The van der Waals surface area contributed by atoms with Gasteiger partial charge in [-0.3, -0.25) is 9.78 Å². The number of ether oxygens (including phenoxy) is 2. The first-order valence-electron chi connectivity index (χ1n) is 12.1. The lowest BCUT2D eigenvalue weighted by atomic mass is 9.88. The van der Waals surface area contributed by atoms with Crippen LogP contribution in [0.15, 0.2) is 41.6 Å². The van der Waals surface area contributed by atoms with Gasteiger partial charge in [0.25, 0.3) is 5.56 Å². The molecule has 38 heavy (non-hydrogen) atoms. The van der Waals surface area contributed by atoms with Crippen molar-refractivity contribution < 1.29 is 18.3 Å². The monoisotopic (exact) mass is 551 g/mol. The lowest BCUT2D eigenvalue weighted by molar-refractivity contribution is 0.404. The van der Waals surface area contributed by atoms with Crippen molar-refractivity contribution in [3.8, 4) is 11.5 Å². The minimum absolute atomic E-state index is 0.00137. The van der Waals surface area contributed by atoms with Crippen molar-refractivity contribution in [2.45, 2.75) is 78.6 Å². The van der Waals surface area contributed by atoms with E-state index in [1.165, 1.54) is 31.6 Å². The Kier molecular flexibility index (Phi) is 11.5. The smallest absolute Gasteiger partial charge is 0.254 e. The van der Waals surface area contributed by atoms with Crippen LogP contribution >= 0.6 is 11.6 Å². The first kappa shape index (κ1) is 33.0. The van der Waals surface area contributed by atoms with Crippen LogP contribution in [-0.4, -0.2) is 29.2 Å². The number of aromatic nitrogens is 3. The summed E-state index contributed by atoms with van der Waals surface area (Å²) < 4.78 is 36.5. The molecule has 0 saturated carbocycles. The maximum atomic E-state index is 13.4. The lowest BCUT2D eigenvalue weighted by Gasteiger charge is -2.20. The Labute approximate surface area is 229 Å². The second kappa shape index (κ2) is 13.2. The van der Waals surface area contributed by atoms with E-state index in [1.54, 1.807) is 34.1 Å². The van der Waals surface area contributed by atoms with Crippen LogP contribution in [0.5, 0.6) is 11.5 Å². The Balaban J connectivity index is 0.000000285. The summed E-state index contributed by atoms with van der Waals surface area (Å²) in [6.07, 6.45) is 4.47. The molecular weight excluding hydrogens is 512 g/mol. The molecule has 0 unspecified atom stereocenters. The molecule has 0 amide bonds. The largest absolute Gasteiger partial charge is 0.495 e. The highest BCUT2D eigenvalue weighted by atomic mass is 35.5. The minimum Gasteiger partial charge on any atom is -0.495 e. The molecule has 9 heteroatoms. The van der Waals surface area contributed by atoms with E-state index >= 15 is 0 Å². The SMILES string of the molecule is CC(C)(C)c1c(F)cc[nH]c1=O.COc1cnc(C(C)(C)C)c(F)c1.COc1cnc(Cl)c(C(C)(C)C)c1. The maximum absolute atomic E-state index is 13.4. The molecule has 3 aromatic rings. The van der Waals surface area contributed by atoms with Gasteiger partial charge >= 0.3 is 0 Å². The number of aromatic amines is 1. The highest BCUT2D eigenvalue weighted by Crippen LogP contribution is 2.30. The number of nitrogens with one attached hydrogen (secondary N) is 1. The normalized spacial score (nSPS) is 11.5. The van der Waals surface area contributed by atoms with E-state index in [0.717, 1.165) is 11.3 Å². The zero-order chi connectivity index (χ0) is 29.5. The number of nitrogens with zero attached hydrogens (tertiary/aromatic N) is 2. The van der Waals surface area contributed by atoms with Crippen molar-refractivity contribution in [1.82, 2.24) is 15.0 Å². The summed E-state index contributed by atoms with van der Waals surface area (Å²) >= 11 is 5.97. The second-order valence-corrected chi connectivity index (χ2v) is 12.1. The van der Waals surface area contributed by atoms with Crippen molar-refractivity contribution in [2.75, 3.05) is 14.2 Å². The summed E-state index contributed by atoms with van der Waals surface area (Å²) in [6, 6.07) is 4.55. The number of halogens is 3. The van der Waals surface area contributed by atoms with Gasteiger partial charge < -0.3 is 14.5 Å². The molecule has 0 saturated heterocycles. The molecular formula is C29H40ClF2N3O3. The standard InChI is InChI=1S/C10H14ClNO.C10H14FNO.C9H12FNO/c1-10(2,3)8-5-7(13-4)6-12-9(8)11;1-10(2,3)9-8(11)5-7(13-4)6-12-9;1-9(2,3)7-6(10)4-5-11-8(7)12/h2*5-6H,1-4H3;4-5H,1-3H3,(H,11,12). The highest BCUT2D eigenvalue weighted by Gasteiger charge is 2.22. The van der Waals surface area contributed by atoms with Gasteiger partial charge in [0.15, 0.2) is 0 Å². The van der Waals surface area contributed by atoms with Crippen LogP contribution < -0.4 is 15.0 Å². The number of rotatable bonds is 2. The average molecular weight is 552 g/mol. The van der Waals surface area contributed by atoms with Gasteiger partial charge in [0.1, 0.15) is 28.3 Å². The van der Waals surface area contributed by atoms with Crippen LogP contribution in [0.1, 0.15) is 79.1 Å². The lowest BCUT2D eigenvalue weighted by Crippen LogP contribution is -2.26. The van der Waals surface area contributed by atoms with E-state index in [0.29, 0.717) is 16.6 Å². The van der Waals surface area contributed by atoms with E-state index in [1.807, 2.05) is 26.8 Å². The fourth-order valence-corrected chi connectivity index (χ4v) is 3.69. The molecule has 0 aromatic carbocycles. The van der Waals surface area contributed by atoms with E-state index in [-0.39, 0.29) is 27.8 Å². The molecule has 0 aliphatic rings. The van der Waals surface area contributed by atoms with Crippen LogP contribution in [0.3, 0.4) is 0 Å². The average Bonchev–Trinajstić information content (AvgIpc) is 2.77. The van der Waals surface area contributed by atoms with E-state index < -0.39 is 11.2 Å². The first-order valence-corrected chi connectivity index (χ1v) is 12.5. The Bertz CT molecular complexity index is 1260. The third kappa shape index (κ3) is 9.71. The Hall–Kier alpha value is -3.00. The van der Waals surface area contributed by atoms with E-state index in [4.69, 9.17) is 21.1 Å². The third-order valence-electron chi connectivity index (χ3n) is 5.28. The topological polar surface area (TPSA) is 77.1 Å². The summed E-state index contributed by atoms with van der Waals surface area (Å²) in [7, 11) is 3.12. The zero-order valence-corrected chi connectivity index (χ0v) is 25.0. The van der Waals surface area contributed by atoms with Crippen molar-refractivity contribution in [3.63, 3.8) is 0 Å². The first-order chi connectivity index (χ1) is 17.3. The summed E-state index contributed by atoms with van der Waals surface area (Å²) in [6.45, 7) is 17.5. The number of pyridine rings is 3. The second-order valence-electron chi connectivity index (χ2n) is 11.7. The summed E-state index contributed by atoms with van der Waals surface area (Å²) in [4.78, 5) is 21.7. The number of H-pyrrole nitrogens is 1. The van der Waals surface area contributed by atoms with Crippen LogP contribution in [0, 0.1) is 11.6 Å². The van der Waals surface area contributed by atoms with Gasteiger partial charge in [-0.2, -0.15) is 0 Å². The molecule has 0 bridgehead atoms. The summed E-state index contributed by atoms with van der Waals surface area (Å²) in [5.74, 6) is 0.443. The number of hydrogen-bond acceptors (Lipinski definition) is 5. The van der Waals surface area contributed by atoms with Crippen molar-refractivity contribution in [1.29, 1.82) is 0 Å². The highest BCUT2D eigenvalue weighted by molar-refractivity contribution is 6.30. The zero-order valence-electron chi connectivity index (χ0n) is 24.2. The molecule has 0 spiro atoms. The van der Waals surface area contributed by atoms with Crippen molar-refractivity contribution in [2.24, 2.45) is 0 Å². The Morgan fingerprint density at radius 2 is 1.32 bits per heavy atom. The molecule has 0 fully saturated rings. The Morgan fingerprint density at radius 1 is 0.789 bits per heavy atom. The fourth-order valence-electron chi connectivity index (χ4n) is 3.30. The molecule has 1 N–H and O–H groups in total. The molecule has 3 rings (SSSR count). The molecule has 0 radical (unpaired) electrons. The van der Waals surface area contributed by atoms with Gasteiger partial charge in [-0.05, 0) is 28.5 Å². The molecule has 0 aliphatic carbocycles. The van der Waals surface area contributed by atoms with Crippen LogP contribution in [0.4, 0.5) is 8.78 Å². The fraction of sp³-hybridized carbons (Fsp3) is 0.483. The van der Waals surface area contributed by atoms with Crippen molar-refractivity contribution in [3.05, 3.63) is 80.8 Å². The predicted octanol–water partition coefficient (Wildman–Crippen LogP) is 7.38. The third-order valence-corrected chi connectivity index (χ3v) is 5.58. The molecule has 0 aliphatic heterocycles. The summed E-state index contributed by atoms with van der Waals surface area (Å²) in [5, 5.41) is 0.549. The van der Waals surface area contributed by atoms with Gasteiger partial charge in [-0.1, -0.05) is 73.9 Å². The van der Waals surface area contributed by atoms with Crippen LogP contribution in [0.25, 0.3) is 0 Å². The van der Waals surface area contributed by atoms with Gasteiger partial charge in [0, 0.05) is 17.7 Å². The molecule has 3 aromatic heterocycles. The molecule has 210 valence electrons. The molecule has 3 heterocycles. The number of hydrogen-bond donors (Lipinski definition) is 1. The Morgan fingerprint density at radius 3 is 1.71 bits per heavy atom. The van der Waals surface area contributed by atoms with Gasteiger partial charge in [0.2, 0.25) is 0 Å². The van der Waals surface area contributed by atoms with E-state index in [2.05, 4.69) is 35.7 Å². The van der Waals surface area contributed by atoms with E-state index in [9.17, 15) is 13.6 Å². The quantitative estimate of drug-likeness (QED) is 0.336. The number of methoxy groups -OCH3 is 2. The molecule has 6 nitrogen and oxygen atoms in total. The molecule has 0 atom stereocenters. The van der Waals surface area contributed by atoms with Crippen LogP contribution in [0.2, 0.25) is 5.15 Å². The maximum Gasteiger partial charge on any atom is 0.254 e.